The van der Waals surface area contributed by atoms with E-state index in [9.17, 15) is 13.2 Å². The molecule has 6 nitrogen and oxygen atoms in total. The Hall–Kier alpha value is -2.81. The van der Waals surface area contributed by atoms with Crippen molar-refractivity contribution in [3.05, 3.63) is 53.5 Å². The summed E-state index contributed by atoms with van der Waals surface area (Å²) in [6.45, 7) is 3.43. The molecule has 0 aliphatic rings. The average molecular weight is 386 g/mol. The molecular weight excluding hydrogens is 371 g/mol. The maximum absolute atomic E-state index is 12.8. The third-order valence-electron chi connectivity index (χ3n) is 3.18. The van der Waals surface area contributed by atoms with E-state index >= 15 is 0 Å². The van der Waals surface area contributed by atoms with Crippen molar-refractivity contribution in [2.24, 2.45) is 0 Å². The molecule has 2 N–H and O–H groups in total. The molecule has 0 aliphatic carbocycles. The number of hydrogen-bond donors (Lipinski definition) is 2. The second kappa shape index (κ2) is 7.61. The van der Waals surface area contributed by atoms with Gasteiger partial charge < -0.3 is 15.2 Å². The fourth-order valence-corrected chi connectivity index (χ4v) is 2.17. The number of benzene rings is 1. The lowest BCUT2D eigenvalue weighted by Crippen LogP contribution is -2.06. The summed E-state index contributed by atoms with van der Waals surface area (Å²) in [5, 5.41) is 9.61. The minimum Gasteiger partial charge on any atom is -0.360 e. The summed E-state index contributed by atoms with van der Waals surface area (Å²) >= 11 is 0. The molecule has 0 aliphatic heterocycles. The van der Waals surface area contributed by atoms with Gasteiger partial charge in [0.05, 0.1) is 5.56 Å². The quantitative estimate of drug-likeness (QED) is 0.657. The van der Waals surface area contributed by atoms with Crippen LogP contribution >= 0.6 is 12.4 Å². The van der Waals surface area contributed by atoms with Gasteiger partial charge in [0.2, 0.25) is 0 Å². The van der Waals surface area contributed by atoms with Gasteiger partial charge in [0, 0.05) is 17.8 Å². The van der Waals surface area contributed by atoms with Crippen LogP contribution in [0.1, 0.15) is 17.1 Å². The maximum atomic E-state index is 12.8. The molecule has 0 unspecified atom stereocenters. The molecule has 138 valence electrons. The minimum atomic E-state index is -4.41. The molecule has 3 rings (SSSR count). The molecule has 10 heteroatoms. The van der Waals surface area contributed by atoms with Crippen molar-refractivity contribution in [1.82, 2.24) is 15.1 Å². The van der Waals surface area contributed by atoms with Crippen molar-refractivity contribution in [3.8, 4) is 0 Å². The highest BCUT2D eigenvalue weighted by atomic mass is 35.5. The first-order valence-electron chi connectivity index (χ1n) is 7.30. The fraction of sp³-hybridized carbons (Fsp3) is 0.188. The van der Waals surface area contributed by atoms with Crippen LogP contribution in [0.25, 0.3) is 0 Å². The first-order chi connectivity index (χ1) is 11.8. The Kier molecular flexibility index (Phi) is 5.71. The standard InChI is InChI=1S/C16H14F3N5O.ClH/c1-9-6-15(24-25-9)23-14-8-13(20-10(2)21-14)22-12-5-3-4-11(7-12)16(17,18)19;/h3-8H,1-2H3,(H2,20,21,22,23,24);1H. The lowest BCUT2D eigenvalue weighted by Gasteiger charge is -2.11. The molecular formula is C16H15ClF3N5O. The van der Waals surface area contributed by atoms with Crippen molar-refractivity contribution < 1.29 is 17.7 Å². The molecule has 0 spiro atoms. The van der Waals surface area contributed by atoms with Gasteiger partial charge in [-0.1, -0.05) is 11.2 Å². The number of aryl methyl sites for hydroxylation is 2. The summed E-state index contributed by atoms with van der Waals surface area (Å²) in [6.07, 6.45) is -4.41. The Morgan fingerprint density at radius 3 is 2.23 bits per heavy atom. The molecule has 26 heavy (non-hydrogen) atoms. The number of alkyl halides is 3. The van der Waals surface area contributed by atoms with Gasteiger partial charge in [0.15, 0.2) is 5.82 Å². The van der Waals surface area contributed by atoms with Gasteiger partial charge in [-0.25, -0.2) is 9.97 Å². The van der Waals surface area contributed by atoms with E-state index in [1.807, 2.05) is 0 Å². The number of nitrogens with one attached hydrogen (secondary N) is 2. The van der Waals surface area contributed by atoms with Crippen LogP contribution in [0, 0.1) is 13.8 Å². The van der Waals surface area contributed by atoms with Crippen molar-refractivity contribution >= 4 is 35.5 Å². The molecule has 0 fully saturated rings. The summed E-state index contributed by atoms with van der Waals surface area (Å²) in [5.74, 6) is 2.35. The smallest absolute Gasteiger partial charge is 0.360 e. The van der Waals surface area contributed by atoms with E-state index in [2.05, 4.69) is 25.8 Å². The predicted octanol–water partition coefficient (Wildman–Crippen LogP) is 5.01. The van der Waals surface area contributed by atoms with Crippen molar-refractivity contribution in [3.63, 3.8) is 0 Å². The van der Waals surface area contributed by atoms with Gasteiger partial charge >= 0.3 is 6.18 Å². The zero-order valence-electron chi connectivity index (χ0n) is 13.8. The van der Waals surface area contributed by atoms with E-state index in [1.54, 1.807) is 26.0 Å². The molecule has 0 radical (unpaired) electrons. The number of anilines is 4. The highest BCUT2D eigenvalue weighted by Gasteiger charge is 2.30. The van der Waals surface area contributed by atoms with E-state index in [0.29, 0.717) is 29.0 Å². The van der Waals surface area contributed by atoms with E-state index in [4.69, 9.17) is 4.52 Å². The van der Waals surface area contributed by atoms with Crippen LogP contribution in [0.3, 0.4) is 0 Å². The number of aromatic nitrogens is 3. The van der Waals surface area contributed by atoms with Gasteiger partial charge in [-0.15, -0.1) is 12.4 Å². The Balaban J connectivity index is 0.00000243. The molecule has 0 amide bonds. The fourth-order valence-electron chi connectivity index (χ4n) is 2.17. The second-order valence-electron chi connectivity index (χ2n) is 5.34. The van der Waals surface area contributed by atoms with Gasteiger partial charge in [-0.2, -0.15) is 13.2 Å². The van der Waals surface area contributed by atoms with Crippen LogP contribution in [-0.2, 0) is 6.18 Å². The normalized spacial score (nSPS) is 11.0. The topological polar surface area (TPSA) is 75.9 Å². The number of rotatable bonds is 4. The maximum Gasteiger partial charge on any atom is 0.416 e. The molecule has 1 aromatic carbocycles. The van der Waals surface area contributed by atoms with E-state index in [1.165, 1.54) is 12.1 Å². The van der Waals surface area contributed by atoms with Crippen LogP contribution in [-0.4, -0.2) is 15.1 Å². The predicted molar refractivity (Wildman–Crippen MR) is 93.3 cm³/mol. The van der Waals surface area contributed by atoms with Gasteiger partial charge in [0.25, 0.3) is 0 Å². The summed E-state index contributed by atoms with van der Waals surface area (Å²) in [7, 11) is 0. The summed E-state index contributed by atoms with van der Waals surface area (Å²) < 4.78 is 43.4. The number of hydrogen-bond acceptors (Lipinski definition) is 6. The second-order valence-corrected chi connectivity index (χ2v) is 5.34. The van der Waals surface area contributed by atoms with Crippen molar-refractivity contribution in [2.75, 3.05) is 10.6 Å². The van der Waals surface area contributed by atoms with Gasteiger partial charge in [-0.3, -0.25) is 0 Å². The van der Waals surface area contributed by atoms with Crippen LogP contribution in [0.4, 0.5) is 36.3 Å². The summed E-state index contributed by atoms with van der Waals surface area (Å²) in [4.78, 5) is 8.39. The average Bonchev–Trinajstić information content (AvgIpc) is 2.91. The molecule has 0 saturated carbocycles. The Bertz CT molecular complexity index is 898. The monoisotopic (exact) mass is 385 g/mol. The zero-order valence-corrected chi connectivity index (χ0v) is 14.6. The van der Waals surface area contributed by atoms with Crippen LogP contribution in [0.5, 0.6) is 0 Å². The first kappa shape index (κ1) is 19.5. The third kappa shape index (κ3) is 4.85. The van der Waals surface area contributed by atoms with Gasteiger partial charge in [-0.05, 0) is 32.0 Å². The third-order valence-corrected chi connectivity index (χ3v) is 3.18. The lowest BCUT2D eigenvalue weighted by molar-refractivity contribution is -0.137. The zero-order chi connectivity index (χ0) is 18.0. The highest BCUT2D eigenvalue weighted by molar-refractivity contribution is 5.85. The van der Waals surface area contributed by atoms with Crippen molar-refractivity contribution in [1.29, 1.82) is 0 Å². The number of halogens is 4. The first-order valence-corrected chi connectivity index (χ1v) is 7.30. The SMILES string of the molecule is Cc1nc(Nc2cccc(C(F)(F)F)c2)cc(Nc2cc(C)on2)n1.Cl. The van der Waals surface area contributed by atoms with Crippen LogP contribution in [0.2, 0.25) is 0 Å². The van der Waals surface area contributed by atoms with Crippen molar-refractivity contribution in [2.45, 2.75) is 20.0 Å². The molecule has 2 aromatic heterocycles. The summed E-state index contributed by atoms with van der Waals surface area (Å²) in [6, 6.07) is 8.15. The minimum absolute atomic E-state index is 0. The number of nitrogens with zero attached hydrogens (tertiary/aromatic N) is 3. The molecule has 2 heterocycles. The Morgan fingerprint density at radius 1 is 0.923 bits per heavy atom. The Morgan fingerprint density at radius 2 is 1.62 bits per heavy atom. The largest absolute Gasteiger partial charge is 0.416 e. The van der Waals surface area contributed by atoms with E-state index in [0.717, 1.165) is 12.1 Å². The lowest BCUT2D eigenvalue weighted by atomic mass is 10.2. The molecule has 0 saturated heterocycles. The van der Waals surface area contributed by atoms with Crippen LogP contribution < -0.4 is 10.6 Å². The van der Waals surface area contributed by atoms with E-state index in [-0.39, 0.29) is 18.1 Å². The summed E-state index contributed by atoms with van der Waals surface area (Å²) in [5.41, 5.74) is -0.462. The van der Waals surface area contributed by atoms with Gasteiger partial charge in [0.1, 0.15) is 23.2 Å². The highest BCUT2D eigenvalue weighted by Crippen LogP contribution is 2.31. The molecule has 0 bridgehead atoms. The Labute approximate surface area is 153 Å². The molecule has 3 aromatic rings. The van der Waals surface area contributed by atoms with E-state index < -0.39 is 11.7 Å². The molecule has 0 atom stereocenters. The van der Waals surface area contributed by atoms with Crippen LogP contribution in [0.15, 0.2) is 40.9 Å².